The fourth-order valence-electron chi connectivity index (χ4n) is 8.02. The van der Waals surface area contributed by atoms with E-state index < -0.39 is 0 Å². The summed E-state index contributed by atoms with van der Waals surface area (Å²) in [6.45, 7) is 0. The van der Waals surface area contributed by atoms with Gasteiger partial charge >= 0.3 is 0 Å². The van der Waals surface area contributed by atoms with Crippen molar-refractivity contribution in [1.82, 2.24) is 9.13 Å². The van der Waals surface area contributed by atoms with Crippen LogP contribution in [0.1, 0.15) is 11.1 Å². The highest BCUT2D eigenvalue weighted by Crippen LogP contribution is 2.39. The first-order valence-electron chi connectivity index (χ1n) is 18.0. The molecule has 250 valence electrons. The normalized spacial score (nSPS) is 11.3. The maximum atomic E-state index is 9.70. The Morgan fingerprint density at radius 2 is 0.685 bits per heavy atom. The highest BCUT2D eigenvalue weighted by Gasteiger charge is 2.17. The van der Waals surface area contributed by atoms with Crippen molar-refractivity contribution >= 4 is 43.6 Å². The van der Waals surface area contributed by atoms with E-state index in [1.807, 2.05) is 24.3 Å². The van der Waals surface area contributed by atoms with Crippen LogP contribution >= 0.6 is 0 Å². The Morgan fingerprint density at radius 3 is 1.19 bits per heavy atom. The minimum Gasteiger partial charge on any atom is -0.309 e. The van der Waals surface area contributed by atoms with E-state index in [-0.39, 0.29) is 0 Å². The second kappa shape index (κ2) is 12.5. The smallest absolute Gasteiger partial charge is 0.0992 e. The third-order valence-electron chi connectivity index (χ3n) is 10.6. The second-order valence-corrected chi connectivity index (χ2v) is 13.7. The van der Waals surface area contributed by atoms with E-state index in [9.17, 15) is 10.5 Å². The van der Waals surface area contributed by atoms with Crippen molar-refractivity contribution in [2.75, 3.05) is 0 Å². The summed E-state index contributed by atoms with van der Waals surface area (Å²) in [6.07, 6.45) is 0. The van der Waals surface area contributed by atoms with E-state index in [4.69, 9.17) is 0 Å². The molecule has 0 fully saturated rings. The van der Waals surface area contributed by atoms with Gasteiger partial charge in [0.15, 0.2) is 0 Å². The van der Waals surface area contributed by atoms with Crippen LogP contribution in [0.2, 0.25) is 0 Å². The first-order valence-corrected chi connectivity index (χ1v) is 18.0. The standard InChI is InChI=1S/C50H30N4/c51-31-33-26-34(32-52)28-42(27-33)54-48-13-7-5-11-44(48)46-30-40(21-25-50(46)54)39-20-24-49-45(29-39)43-10-4-6-12-47(43)53(49)41-22-18-38(19-23-41)37-16-14-36(15-17-37)35-8-2-1-3-9-35/h1-30H. The van der Waals surface area contributed by atoms with Crippen molar-refractivity contribution in [3.05, 3.63) is 193 Å². The first-order chi connectivity index (χ1) is 26.7. The summed E-state index contributed by atoms with van der Waals surface area (Å²) >= 11 is 0. The molecule has 0 aliphatic rings. The van der Waals surface area contributed by atoms with Gasteiger partial charge in [-0.25, -0.2) is 0 Å². The Bertz CT molecular complexity index is 3120. The van der Waals surface area contributed by atoms with Gasteiger partial charge in [-0.15, -0.1) is 0 Å². The van der Waals surface area contributed by atoms with Crippen molar-refractivity contribution < 1.29 is 0 Å². The van der Waals surface area contributed by atoms with Gasteiger partial charge in [-0.3, -0.25) is 0 Å². The molecule has 0 radical (unpaired) electrons. The van der Waals surface area contributed by atoms with Crippen LogP contribution in [0.4, 0.5) is 0 Å². The molecule has 0 atom stereocenters. The third kappa shape index (κ3) is 5.06. The number of para-hydroxylation sites is 2. The molecule has 8 aromatic carbocycles. The zero-order valence-electron chi connectivity index (χ0n) is 29.1. The molecule has 0 aliphatic carbocycles. The van der Waals surface area contributed by atoms with Gasteiger partial charge in [0.05, 0.1) is 45.3 Å². The summed E-state index contributed by atoms with van der Waals surface area (Å²) in [4.78, 5) is 0. The van der Waals surface area contributed by atoms with Crippen LogP contribution < -0.4 is 0 Å². The molecule has 2 aromatic heterocycles. The minimum atomic E-state index is 0.462. The molecule has 0 saturated heterocycles. The maximum absolute atomic E-state index is 9.70. The quantitative estimate of drug-likeness (QED) is 0.181. The van der Waals surface area contributed by atoms with E-state index in [1.54, 1.807) is 6.07 Å². The summed E-state index contributed by atoms with van der Waals surface area (Å²) in [5.74, 6) is 0. The zero-order chi connectivity index (χ0) is 36.2. The highest BCUT2D eigenvalue weighted by molar-refractivity contribution is 6.12. The molecule has 2 heterocycles. The number of aromatic nitrogens is 2. The molecule has 0 amide bonds. The van der Waals surface area contributed by atoms with E-state index in [0.717, 1.165) is 49.8 Å². The first kappa shape index (κ1) is 31.1. The number of nitriles is 2. The lowest BCUT2D eigenvalue weighted by Gasteiger charge is -2.11. The molecule has 0 spiro atoms. The van der Waals surface area contributed by atoms with Crippen LogP contribution in [0.3, 0.4) is 0 Å². The Labute approximate surface area is 312 Å². The predicted octanol–water partition coefficient (Wildman–Crippen LogP) is 12.6. The van der Waals surface area contributed by atoms with Crippen LogP contribution in [0, 0.1) is 22.7 Å². The van der Waals surface area contributed by atoms with E-state index in [2.05, 4.69) is 173 Å². The monoisotopic (exact) mass is 686 g/mol. The van der Waals surface area contributed by atoms with Crippen LogP contribution in [0.15, 0.2) is 182 Å². The molecule has 10 rings (SSSR count). The molecule has 0 N–H and O–H groups in total. The van der Waals surface area contributed by atoms with Gasteiger partial charge in [-0.05, 0) is 100 Å². The summed E-state index contributed by atoms with van der Waals surface area (Å²) in [5, 5.41) is 24.0. The van der Waals surface area contributed by atoms with Crippen LogP contribution in [-0.2, 0) is 0 Å². The van der Waals surface area contributed by atoms with Gasteiger partial charge in [-0.1, -0.05) is 115 Å². The number of fused-ring (bicyclic) bond motifs is 6. The van der Waals surface area contributed by atoms with E-state index in [1.165, 1.54) is 38.5 Å². The summed E-state index contributed by atoms with van der Waals surface area (Å²) in [6, 6.07) is 68.2. The summed E-state index contributed by atoms with van der Waals surface area (Å²) in [5.41, 5.74) is 14.3. The van der Waals surface area contributed by atoms with Crippen LogP contribution in [0.5, 0.6) is 0 Å². The lowest BCUT2D eigenvalue weighted by atomic mass is 10.00. The van der Waals surface area contributed by atoms with Crippen LogP contribution in [-0.4, -0.2) is 9.13 Å². The fourth-order valence-corrected chi connectivity index (χ4v) is 8.02. The molecule has 4 heteroatoms. The molecule has 54 heavy (non-hydrogen) atoms. The molecular formula is C50H30N4. The second-order valence-electron chi connectivity index (χ2n) is 13.7. The Hall–Kier alpha value is -7.66. The largest absolute Gasteiger partial charge is 0.309 e. The molecule has 0 unspecified atom stereocenters. The van der Waals surface area contributed by atoms with E-state index >= 15 is 0 Å². The average Bonchev–Trinajstić information content (AvgIpc) is 3.76. The summed E-state index contributed by atoms with van der Waals surface area (Å²) < 4.78 is 4.51. The van der Waals surface area contributed by atoms with Gasteiger partial charge < -0.3 is 9.13 Å². The lowest BCUT2D eigenvalue weighted by molar-refractivity contribution is 1.17. The third-order valence-corrected chi connectivity index (χ3v) is 10.6. The lowest BCUT2D eigenvalue weighted by Crippen LogP contribution is -1.96. The number of hydrogen-bond donors (Lipinski definition) is 0. The Kier molecular flexibility index (Phi) is 7.22. The van der Waals surface area contributed by atoms with Crippen molar-refractivity contribution in [2.45, 2.75) is 0 Å². The van der Waals surface area contributed by atoms with E-state index in [0.29, 0.717) is 11.1 Å². The Morgan fingerprint density at radius 1 is 0.296 bits per heavy atom. The van der Waals surface area contributed by atoms with Gasteiger partial charge in [0.25, 0.3) is 0 Å². The number of benzene rings is 8. The van der Waals surface area contributed by atoms with Crippen molar-refractivity contribution in [3.63, 3.8) is 0 Å². The van der Waals surface area contributed by atoms with Crippen molar-refractivity contribution in [1.29, 1.82) is 10.5 Å². The summed E-state index contributed by atoms with van der Waals surface area (Å²) in [7, 11) is 0. The molecular weight excluding hydrogens is 657 g/mol. The molecule has 4 nitrogen and oxygen atoms in total. The van der Waals surface area contributed by atoms with Gasteiger partial charge in [0.2, 0.25) is 0 Å². The Balaban J connectivity index is 1.05. The van der Waals surface area contributed by atoms with Gasteiger partial charge in [-0.2, -0.15) is 10.5 Å². The van der Waals surface area contributed by atoms with Crippen molar-refractivity contribution in [3.8, 4) is 56.9 Å². The van der Waals surface area contributed by atoms with Crippen LogP contribution in [0.25, 0.3) is 88.4 Å². The van der Waals surface area contributed by atoms with Crippen molar-refractivity contribution in [2.24, 2.45) is 0 Å². The molecule has 0 bridgehead atoms. The maximum Gasteiger partial charge on any atom is 0.0992 e. The molecule has 10 aromatic rings. The fraction of sp³-hybridized carbons (Fsp3) is 0. The molecule has 0 aliphatic heterocycles. The number of rotatable bonds is 5. The van der Waals surface area contributed by atoms with Gasteiger partial charge in [0.1, 0.15) is 0 Å². The topological polar surface area (TPSA) is 57.4 Å². The number of nitrogens with zero attached hydrogens (tertiary/aromatic N) is 4. The zero-order valence-corrected chi connectivity index (χ0v) is 29.1. The highest BCUT2D eigenvalue weighted by atomic mass is 15.0. The number of hydrogen-bond acceptors (Lipinski definition) is 2. The SMILES string of the molecule is N#Cc1cc(C#N)cc(-n2c3ccccc3c3cc(-c4ccc5c(c4)c4ccccc4n5-c4ccc(-c5ccc(-c6ccccc6)cc5)cc4)ccc32)c1. The van der Waals surface area contributed by atoms with Gasteiger partial charge in [0, 0.05) is 32.9 Å². The minimum absolute atomic E-state index is 0.462. The average molecular weight is 687 g/mol. The predicted molar refractivity (Wildman–Crippen MR) is 221 cm³/mol. The molecule has 0 saturated carbocycles.